The van der Waals surface area contributed by atoms with Gasteiger partial charge in [-0.3, -0.25) is 5.43 Å². The molecule has 4 heteroatoms. The molecule has 0 radical (unpaired) electrons. The Labute approximate surface area is 204 Å². The number of nitrogens with two attached hydrogens (primary N) is 1. The fourth-order valence-electron chi connectivity index (χ4n) is 6.00. The molecule has 3 aromatic rings. The Morgan fingerprint density at radius 2 is 1.21 bits per heavy atom. The van der Waals surface area contributed by atoms with E-state index < -0.39 is 0 Å². The molecule has 0 aliphatic heterocycles. The van der Waals surface area contributed by atoms with Gasteiger partial charge in [-0.2, -0.15) is 0 Å². The first-order valence-corrected chi connectivity index (χ1v) is 13.2. The Morgan fingerprint density at radius 1 is 0.618 bits per heavy atom. The lowest BCUT2D eigenvalue weighted by molar-refractivity contribution is 0.346. The van der Waals surface area contributed by atoms with Gasteiger partial charge < -0.3 is 0 Å². The first-order chi connectivity index (χ1) is 16.8. The zero-order valence-corrected chi connectivity index (χ0v) is 20.2. The second-order valence-corrected chi connectivity index (χ2v) is 9.92. The Hall–Kier alpha value is -2.82. The fourth-order valence-corrected chi connectivity index (χ4v) is 6.00. The minimum absolute atomic E-state index is 0.596. The number of nitrogens with one attached hydrogen (secondary N) is 1. The average molecular weight is 455 g/mol. The molecule has 4 nitrogen and oxygen atoms in total. The minimum Gasteiger partial charge on any atom is -0.287 e. The number of nitrogens with zero attached hydrogens (tertiary/aromatic N) is 2. The first-order valence-electron chi connectivity index (χ1n) is 13.2. The van der Waals surface area contributed by atoms with E-state index >= 15 is 0 Å². The number of para-hydroxylation sites is 2. The van der Waals surface area contributed by atoms with E-state index in [4.69, 9.17) is 5.84 Å². The van der Waals surface area contributed by atoms with Gasteiger partial charge >= 0.3 is 0 Å². The average Bonchev–Trinajstić information content (AvgIpc) is 2.91. The summed E-state index contributed by atoms with van der Waals surface area (Å²) in [5.74, 6) is 8.05. The standard InChI is InChI=1S/C30H38N4/c31-34(32-26-18-9-3-10-19-26)33(27-20-11-4-12-21-27)29-23-13-22-28(24-14-5-1-6-15-24)30(29)25-16-7-2-8-17-25/h3-4,9-13,18-25,32H,1-2,5-8,14-17,31H2. The zero-order valence-electron chi connectivity index (χ0n) is 20.2. The highest BCUT2D eigenvalue weighted by molar-refractivity contribution is 5.68. The van der Waals surface area contributed by atoms with Gasteiger partial charge in [0.25, 0.3) is 0 Å². The molecule has 2 aliphatic carbocycles. The van der Waals surface area contributed by atoms with E-state index in [2.05, 4.69) is 59.0 Å². The molecule has 0 spiro atoms. The van der Waals surface area contributed by atoms with E-state index in [9.17, 15) is 0 Å². The van der Waals surface area contributed by atoms with Crippen molar-refractivity contribution in [2.45, 2.75) is 76.0 Å². The van der Waals surface area contributed by atoms with E-state index in [1.54, 1.807) is 10.8 Å². The summed E-state index contributed by atoms with van der Waals surface area (Å²) in [4.78, 5) is 0. The van der Waals surface area contributed by atoms with E-state index in [0.717, 1.165) is 11.4 Å². The van der Waals surface area contributed by atoms with Crippen molar-refractivity contribution >= 4 is 17.1 Å². The molecule has 0 aromatic heterocycles. The lowest BCUT2D eigenvalue weighted by Crippen LogP contribution is -2.49. The van der Waals surface area contributed by atoms with Gasteiger partial charge in [-0.1, -0.05) is 92.3 Å². The van der Waals surface area contributed by atoms with Crippen LogP contribution in [0.15, 0.2) is 78.9 Å². The number of anilines is 3. The monoisotopic (exact) mass is 454 g/mol. The largest absolute Gasteiger partial charge is 0.287 e. The van der Waals surface area contributed by atoms with Crippen LogP contribution in [0.5, 0.6) is 0 Å². The van der Waals surface area contributed by atoms with Gasteiger partial charge in [-0.15, -0.1) is 0 Å². The quantitative estimate of drug-likeness (QED) is 0.280. The van der Waals surface area contributed by atoms with Crippen molar-refractivity contribution in [1.82, 2.24) is 5.23 Å². The van der Waals surface area contributed by atoms with Crippen LogP contribution in [0.2, 0.25) is 0 Å². The summed E-state index contributed by atoms with van der Waals surface area (Å²) >= 11 is 0. The summed E-state index contributed by atoms with van der Waals surface area (Å²) in [6.45, 7) is 0. The van der Waals surface area contributed by atoms with Gasteiger partial charge in [-0.05, 0) is 79.0 Å². The molecular formula is C30H38N4. The van der Waals surface area contributed by atoms with Crippen LogP contribution in [0.3, 0.4) is 0 Å². The van der Waals surface area contributed by atoms with Crippen LogP contribution in [0.1, 0.15) is 87.2 Å². The van der Waals surface area contributed by atoms with Crippen LogP contribution in [0, 0.1) is 0 Å². The first kappa shape index (κ1) is 22.9. The Morgan fingerprint density at radius 3 is 1.85 bits per heavy atom. The van der Waals surface area contributed by atoms with E-state index in [1.165, 1.54) is 75.5 Å². The zero-order chi connectivity index (χ0) is 23.2. The highest BCUT2D eigenvalue weighted by Crippen LogP contribution is 2.46. The summed E-state index contributed by atoms with van der Waals surface area (Å²) in [6, 6.07) is 27.6. The summed E-state index contributed by atoms with van der Waals surface area (Å²) in [5, 5.41) is 3.83. The molecular weight excluding hydrogens is 416 g/mol. The van der Waals surface area contributed by atoms with E-state index in [0.29, 0.717) is 11.8 Å². The Bertz CT molecular complexity index is 1020. The van der Waals surface area contributed by atoms with Crippen LogP contribution in [-0.2, 0) is 0 Å². The molecule has 5 rings (SSSR count). The highest BCUT2D eigenvalue weighted by Gasteiger charge is 2.29. The summed E-state index contributed by atoms with van der Waals surface area (Å²) in [5.41, 5.74) is 9.75. The lowest BCUT2D eigenvalue weighted by atomic mass is 9.75. The summed E-state index contributed by atoms with van der Waals surface area (Å²) in [7, 11) is 0. The van der Waals surface area contributed by atoms with Crippen molar-refractivity contribution in [3.05, 3.63) is 90.0 Å². The third-order valence-corrected chi connectivity index (χ3v) is 7.64. The van der Waals surface area contributed by atoms with Crippen molar-refractivity contribution in [2.75, 3.05) is 10.4 Å². The molecule has 0 unspecified atom stereocenters. The molecule has 3 N–H and O–H groups in total. The second kappa shape index (κ2) is 11.1. The molecule has 34 heavy (non-hydrogen) atoms. The molecule has 2 fully saturated rings. The predicted molar refractivity (Wildman–Crippen MR) is 143 cm³/mol. The van der Waals surface area contributed by atoms with Gasteiger partial charge in [0, 0.05) is 0 Å². The van der Waals surface area contributed by atoms with E-state index in [-0.39, 0.29) is 0 Å². The molecule has 0 saturated heterocycles. The van der Waals surface area contributed by atoms with Gasteiger partial charge in [0.15, 0.2) is 0 Å². The van der Waals surface area contributed by atoms with Crippen molar-refractivity contribution in [1.29, 1.82) is 0 Å². The molecule has 0 bridgehead atoms. The maximum absolute atomic E-state index is 6.79. The Balaban J connectivity index is 1.61. The molecule has 0 atom stereocenters. The van der Waals surface area contributed by atoms with E-state index in [1.807, 2.05) is 30.3 Å². The maximum atomic E-state index is 6.79. The van der Waals surface area contributed by atoms with Gasteiger partial charge in [0.2, 0.25) is 0 Å². The normalized spacial score (nSPS) is 17.6. The SMILES string of the molecule is NN(Nc1ccccc1)N(c1ccccc1)c1cccc(C2CCCCC2)c1C1CCCCC1. The van der Waals surface area contributed by atoms with Gasteiger partial charge in [0.1, 0.15) is 0 Å². The number of hydrogen-bond acceptors (Lipinski definition) is 4. The molecule has 178 valence electrons. The van der Waals surface area contributed by atoms with Crippen molar-refractivity contribution < 1.29 is 0 Å². The van der Waals surface area contributed by atoms with Gasteiger partial charge in [-0.25, -0.2) is 10.9 Å². The van der Waals surface area contributed by atoms with Crippen LogP contribution < -0.4 is 16.3 Å². The molecule has 2 saturated carbocycles. The maximum Gasteiger partial charge on any atom is 0.0650 e. The second-order valence-electron chi connectivity index (χ2n) is 9.92. The van der Waals surface area contributed by atoms with Crippen LogP contribution >= 0.6 is 0 Å². The van der Waals surface area contributed by atoms with Crippen molar-refractivity contribution in [3.63, 3.8) is 0 Å². The smallest absolute Gasteiger partial charge is 0.0650 e. The molecule has 0 heterocycles. The number of hydrogen-bond donors (Lipinski definition) is 2. The highest BCUT2D eigenvalue weighted by atomic mass is 15.9. The minimum atomic E-state index is 0.596. The van der Waals surface area contributed by atoms with Crippen LogP contribution in [0.4, 0.5) is 17.1 Å². The lowest BCUT2D eigenvalue weighted by Gasteiger charge is -2.38. The van der Waals surface area contributed by atoms with Crippen molar-refractivity contribution in [2.24, 2.45) is 5.84 Å². The molecule has 0 amide bonds. The number of benzene rings is 3. The topological polar surface area (TPSA) is 44.5 Å². The number of rotatable bonds is 7. The predicted octanol–water partition coefficient (Wildman–Crippen LogP) is 8.04. The summed E-state index contributed by atoms with van der Waals surface area (Å²) in [6.07, 6.45) is 13.2. The van der Waals surface area contributed by atoms with Gasteiger partial charge in [0.05, 0.1) is 17.1 Å². The fraction of sp³-hybridized carbons (Fsp3) is 0.400. The third-order valence-electron chi connectivity index (χ3n) is 7.64. The van der Waals surface area contributed by atoms with Crippen LogP contribution in [-0.4, -0.2) is 5.23 Å². The third kappa shape index (κ3) is 5.13. The Kier molecular flexibility index (Phi) is 7.47. The van der Waals surface area contributed by atoms with Crippen molar-refractivity contribution in [3.8, 4) is 0 Å². The number of hydrazine groups is 3. The molecule has 2 aliphatic rings. The van der Waals surface area contributed by atoms with Crippen LogP contribution in [0.25, 0.3) is 0 Å². The summed E-state index contributed by atoms with van der Waals surface area (Å²) < 4.78 is 0. The molecule has 3 aromatic carbocycles.